The molecule has 1 saturated heterocycles. The highest BCUT2D eigenvalue weighted by atomic mass is 15.3. The molecular weight excluding hydrogens is 224 g/mol. The molecule has 1 aromatic heterocycles. The molecule has 0 bridgehead atoms. The van der Waals surface area contributed by atoms with Crippen molar-refractivity contribution in [3.63, 3.8) is 0 Å². The second-order valence-corrected chi connectivity index (χ2v) is 5.60. The summed E-state index contributed by atoms with van der Waals surface area (Å²) in [6.45, 7) is 7.70. The number of pyridine rings is 1. The number of nitrogen functional groups attached to an aromatic ring is 1. The van der Waals surface area contributed by atoms with Crippen molar-refractivity contribution in [1.82, 2.24) is 9.88 Å². The maximum Gasteiger partial charge on any atom is 0.152 e. The highest BCUT2D eigenvalue weighted by Gasteiger charge is 2.27. The van der Waals surface area contributed by atoms with E-state index in [9.17, 15) is 0 Å². The molecule has 3 rings (SSSR count). The second-order valence-electron chi connectivity index (χ2n) is 5.60. The summed E-state index contributed by atoms with van der Waals surface area (Å²) in [7, 11) is 0. The summed E-state index contributed by atoms with van der Waals surface area (Å²) in [5, 5.41) is 0. The lowest BCUT2D eigenvalue weighted by atomic mass is 10.2. The van der Waals surface area contributed by atoms with E-state index in [0.717, 1.165) is 49.3 Å². The van der Waals surface area contributed by atoms with Crippen LogP contribution in [-0.4, -0.2) is 42.6 Å². The van der Waals surface area contributed by atoms with Crippen LogP contribution in [0.1, 0.15) is 18.5 Å². The van der Waals surface area contributed by atoms with Crippen molar-refractivity contribution >= 4 is 11.5 Å². The van der Waals surface area contributed by atoms with Crippen LogP contribution in [0.3, 0.4) is 0 Å². The number of aromatic nitrogens is 1. The van der Waals surface area contributed by atoms with Gasteiger partial charge in [0.2, 0.25) is 0 Å². The van der Waals surface area contributed by atoms with E-state index in [1.165, 1.54) is 19.4 Å². The molecule has 0 radical (unpaired) electrons. The molecule has 0 unspecified atom stereocenters. The van der Waals surface area contributed by atoms with E-state index < -0.39 is 0 Å². The molecule has 0 aromatic carbocycles. The van der Waals surface area contributed by atoms with Crippen molar-refractivity contribution in [2.24, 2.45) is 5.92 Å². The third-order valence-corrected chi connectivity index (χ3v) is 3.93. The molecule has 0 atom stereocenters. The third-order valence-electron chi connectivity index (χ3n) is 3.93. The van der Waals surface area contributed by atoms with Crippen LogP contribution in [0.4, 0.5) is 11.5 Å². The van der Waals surface area contributed by atoms with Crippen LogP contribution in [0.15, 0.2) is 12.1 Å². The molecule has 1 aliphatic carbocycles. The Morgan fingerprint density at radius 1 is 1.22 bits per heavy atom. The van der Waals surface area contributed by atoms with Gasteiger partial charge < -0.3 is 10.6 Å². The van der Waals surface area contributed by atoms with Gasteiger partial charge in [0.05, 0.1) is 5.69 Å². The third kappa shape index (κ3) is 2.58. The quantitative estimate of drug-likeness (QED) is 0.878. The normalized spacial score (nSPS) is 21.3. The van der Waals surface area contributed by atoms with Crippen LogP contribution >= 0.6 is 0 Å². The molecule has 2 heterocycles. The summed E-state index contributed by atoms with van der Waals surface area (Å²) in [5.74, 6) is 1.96. The summed E-state index contributed by atoms with van der Waals surface area (Å²) in [6.07, 6.45) is 2.87. The summed E-state index contributed by atoms with van der Waals surface area (Å²) in [6, 6.07) is 3.94. The number of hydrogen-bond acceptors (Lipinski definition) is 4. The molecule has 4 nitrogen and oxygen atoms in total. The zero-order valence-corrected chi connectivity index (χ0v) is 11.1. The smallest absolute Gasteiger partial charge is 0.152 e. The second kappa shape index (κ2) is 4.76. The van der Waals surface area contributed by atoms with Gasteiger partial charge in [0, 0.05) is 38.4 Å². The Hall–Kier alpha value is -1.29. The molecule has 0 amide bonds. The van der Waals surface area contributed by atoms with Crippen molar-refractivity contribution < 1.29 is 0 Å². The van der Waals surface area contributed by atoms with Crippen LogP contribution < -0.4 is 10.6 Å². The van der Waals surface area contributed by atoms with E-state index in [1.807, 2.05) is 19.1 Å². The topological polar surface area (TPSA) is 45.4 Å². The minimum Gasteiger partial charge on any atom is -0.396 e. The fourth-order valence-corrected chi connectivity index (χ4v) is 2.61. The predicted octanol–water partition coefficient (Wildman–Crippen LogP) is 1.50. The SMILES string of the molecule is Cc1ccc(N)c(N2CCN(CC3CC3)CC2)n1. The Morgan fingerprint density at radius 3 is 2.61 bits per heavy atom. The van der Waals surface area contributed by atoms with E-state index in [-0.39, 0.29) is 0 Å². The Morgan fingerprint density at radius 2 is 1.94 bits per heavy atom. The average molecular weight is 246 g/mol. The van der Waals surface area contributed by atoms with Crippen molar-refractivity contribution in [3.8, 4) is 0 Å². The molecule has 2 aliphatic rings. The number of rotatable bonds is 3. The van der Waals surface area contributed by atoms with Crippen molar-refractivity contribution in [3.05, 3.63) is 17.8 Å². The maximum atomic E-state index is 6.03. The molecule has 18 heavy (non-hydrogen) atoms. The fourth-order valence-electron chi connectivity index (χ4n) is 2.61. The van der Waals surface area contributed by atoms with E-state index in [2.05, 4.69) is 14.8 Å². The monoisotopic (exact) mass is 246 g/mol. The first-order chi connectivity index (χ1) is 8.72. The molecule has 0 spiro atoms. The van der Waals surface area contributed by atoms with Gasteiger partial charge in [0.15, 0.2) is 5.82 Å². The number of nitrogens with two attached hydrogens (primary N) is 1. The Bertz CT molecular complexity index is 420. The lowest BCUT2D eigenvalue weighted by molar-refractivity contribution is 0.247. The first-order valence-electron chi connectivity index (χ1n) is 6.93. The van der Waals surface area contributed by atoms with E-state index >= 15 is 0 Å². The first-order valence-corrected chi connectivity index (χ1v) is 6.93. The average Bonchev–Trinajstić information content (AvgIpc) is 3.17. The maximum absolute atomic E-state index is 6.03. The number of nitrogens with zero attached hydrogens (tertiary/aromatic N) is 3. The molecule has 1 aromatic rings. The molecule has 2 N–H and O–H groups in total. The van der Waals surface area contributed by atoms with Crippen molar-refractivity contribution in [1.29, 1.82) is 0 Å². The van der Waals surface area contributed by atoms with Gasteiger partial charge in [-0.15, -0.1) is 0 Å². The van der Waals surface area contributed by atoms with Gasteiger partial charge in [-0.3, -0.25) is 4.90 Å². The van der Waals surface area contributed by atoms with Crippen molar-refractivity contribution in [2.75, 3.05) is 43.4 Å². The van der Waals surface area contributed by atoms with Crippen LogP contribution in [-0.2, 0) is 0 Å². The zero-order chi connectivity index (χ0) is 12.5. The Balaban J connectivity index is 1.62. The van der Waals surface area contributed by atoms with E-state index in [1.54, 1.807) is 0 Å². The molecule has 98 valence electrons. The van der Waals surface area contributed by atoms with Crippen LogP contribution in [0.25, 0.3) is 0 Å². The summed E-state index contributed by atoms with van der Waals surface area (Å²) >= 11 is 0. The largest absolute Gasteiger partial charge is 0.396 e. The minimum absolute atomic E-state index is 0.802. The Labute approximate surface area is 109 Å². The minimum atomic E-state index is 0.802. The Kier molecular flexibility index (Phi) is 3.12. The van der Waals surface area contributed by atoms with Gasteiger partial charge in [-0.25, -0.2) is 4.98 Å². The highest BCUT2D eigenvalue weighted by Crippen LogP contribution is 2.30. The molecule has 2 fully saturated rings. The highest BCUT2D eigenvalue weighted by molar-refractivity contribution is 5.63. The van der Waals surface area contributed by atoms with Gasteiger partial charge >= 0.3 is 0 Å². The van der Waals surface area contributed by atoms with Crippen molar-refractivity contribution in [2.45, 2.75) is 19.8 Å². The van der Waals surface area contributed by atoms with Gasteiger partial charge in [0.25, 0.3) is 0 Å². The van der Waals surface area contributed by atoms with Gasteiger partial charge in [-0.2, -0.15) is 0 Å². The summed E-state index contributed by atoms with van der Waals surface area (Å²) < 4.78 is 0. The van der Waals surface area contributed by atoms with Gasteiger partial charge in [0.1, 0.15) is 0 Å². The number of hydrogen-bond donors (Lipinski definition) is 1. The number of aryl methyl sites for hydroxylation is 1. The van der Waals surface area contributed by atoms with Gasteiger partial charge in [-0.05, 0) is 37.8 Å². The van der Waals surface area contributed by atoms with Gasteiger partial charge in [-0.1, -0.05) is 0 Å². The summed E-state index contributed by atoms with van der Waals surface area (Å²) in [5.41, 5.74) is 7.87. The van der Waals surface area contributed by atoms with Crippen LogP contribution in [0.5, 0.6) is 0 Å². The zero-order valence-electron chi connectivity index (χ0n) is 11.1. The molecule has 1 aliphatic heterocycles. The lowest BCUT2D eigenvalue weighted by Crippen LogP contribution is -2.47. The molecular formula is C14H22N4. The lowest BCUT2D eigenvalue weighted by Gasteiger charge is -2.36. The molecule has 1 saturated carbocycles. The standard InChI is InChI=1S/C14H22N4/c1-11-2-5-13(15)14(16-11)18-8-6-17(7-9-18)10-12-3-4-12/h2,5,12H,3-4,6-10,15H2,1H3. The molecule has 4 heteroatoms. The van der Waals surface area contributed by atoms with E-state index in [0.29, 0.717) is 0 Å². The van der Waals surface area contributed by atoms with E-state index in [4.69, 9.17) is 5.73 Å². The number of piperazine rings is 1. The number of anilines is 2. The fraction of sp³-hybridized carbons (Fsp3) is 0.643. The predicted molar refractivity (Wildman–Crippen MR) is 74.8 cm³/mol. The van der Waals surface area contributed by atoms with Crippen LogP contribution in [0, 0.1) is 12.8 Å². The first kappa shape index (κ1) is 11.8. The summed E-state index contributed by atoms with van der Waals surface area (Å²) in [4.78, 5) is 9.49. The van der Waals surface area contributed by atoms with Crippen LogP contribution in [0.2, 0.25) is 0 Å².